The Morgan fingerprint density at radius 3 is 2.60 bits per heavy atom. The van der Waals surface area contributed by atoms with Gasteiger partial charge in [0, 0.05) is 6.08 Å². The Labute approximate surface area is 114 Å². The number of hydrogen-bond acceptors (Lipinski definition) is 2. The molecule has 0 heterocycles. The largest absolute Gasteiger partial charge is 0.489 e. The Morgan fingerprint density at radius 1 is 1.45 bits per heavy atom. The molecule has 1 aromatic carbocycles. The van der Waals surface area contributed by atoms with Crippen LogP contribution in [0.25, 0.3) is 6.08 Å². The van der Waals surface area contributed by atoms with Crippen LogP contribution in [0.4, 0.5) is 13.2 Å². The normalized spacial score (nSPS) is 11.6. The Kier molecular flexibility index (Phi) is 4.96. The molecule has 0 amide bonds. The maximum absolute atomic E-state index is 12.9. The average molecular weight is 286 g/mol. The Balaban J connectivity index is 3.13. The molecule has 0 bridgehead atoms. The molecule has 0 aliphatic heterocycles. The lowest BCUT2D eigenvalue weighted by Crippen LogP contribution is -2.10. The van der Waals surface area contributed by atoms with Gasteiger partial charge in [-0.25, -0.2) is 4.79 Å². The number of halogens is 3. The molecule has 0 aromatic heterocycles. The van der Waals surface area contributed by atoms with Crippen molar-refractivity contribution in [2.45, 2.75) is 13.1 Å². The lowest BCUT2D eigenvalue weighted by atomic mass is 10.1. The number of benzene rings is 1. The van der Waals surface area contributed by atoms with Gasteiger partial charge in [-0.3, -0.25) is 0 Å². The van der Waals surface area contributed by atoms with Gasteiger partial charge in [-0.2, -0.15) is 13.2 Å². The lowest BCUT2D eigenvalue weighted by Gasteiger charge is -2.14. The first-order valence-corrected chi connectivity index (χ1v) is 5.59. The molecule has 3 nitrogen and oxygen atoms in total. The van der Waals surface area contributed by atoms with Crippen LogP contribution >= 0.6 is 0 Å². The highest BCUT2D eigenvalue weighted by atomic mass is 19.4. The molecule has 108 valence electrons. The summed E-state index contributed by atoms with van der Waals surface area (Å²) in [6.07, 6.45) is -2.73. The number of alkyl halides is 3. The summed E-state index contributed by atoms with van der Waals surface area (Å²) in [5.74, 6) is -1.55. The van der Waals surface area contributed by atoms with E-state index in [2.05, 4.69) is 6.58 Å². The highest BCUT2D eigenvalue weighted by molar-refractivity contribution is 5.85. The molecule has 0 radical (unpaired) electrons. The topological polar surface area (TPSA) is 46.5 Å². The molecule has 1 N–H and O–H groups in total. The van der Waals surface area contributed by atoms with E-state index in [0.29, 0.717) is 5.57 Å². The molecule has 0 fully saturated rings. The minimum atomic E-state index is -4.59. The van der Waals surface area contributed by atoms with Crippen molar-refractivity contribution in [2.75, 3.05) is 6.61 Å². The van der Waals surface area contributed by atoms with Crippen molar-refractivity contribution in [3.8, 4) is 5.75 Å². The van der Waals surface area contributed by atoms with Crippen molar-refractivity contribution in [3.05, 3.63) is 47.6 Å². The van der Waals surface area contributed by atoms with Gasteiger partial charge in [-0.05, 0) is 36.3 Å². The first kappa shape index (κ1) is 15.8. The summed E-state index contributed by atoms with van der Waals surface area (Å²) in [7, 11) is 0. The van der Waals surface area contributed by atoms with Gasteiger partial charge in [-0.15, -0.1) is 0 Å². The zero-order valence-corrected chi connectivity index (χ0v) is 10.7. The van der Waals surface area contributed by atoms with Crippen LogP contribution in [0.1, 0.15) is 18.1 Å². The first-order valence-electron chi connectivity index (χ1n) is 5.59. The molecular formula is C14H13F3O3. The summed E-state index contributed by atoms with van der Waals surface area (Å²) in [5, 5.41) is 8.46. The number of ether oxygens (including phenoxy) is 1. The minimum Gasteiger partial charge on any atom is -0.489 e. The molecule has 6 heteroatoms. The quantitative estimate of drug-likeness (QED) is 0.662. The van der Waals surface area contributed by atoms with Crippen molar-refractivity contribution < 1.29 is 27.8 Å². The van der Waals surface area contributed by atoms with Crippen molar-refractivity contribution in [1.82, 2.24) is 0 Å². The SMILES string of the molecule is C=C(C)COc1ccc(C=CC(=O)O)cc1C(F)(F)F. The highest BCUT2D eigenvalue weighted by Gasteiger charge is 2.34. The van der Waals surface area contributed by atoms with Crippen LogP contribution in [0.3, 0.4) is 0 Å². The average Bonchev–Trinajstić information content (AvgIpc) is 2.33. The molecule has 1 aromatic rings. The van der Waals surface area contributed by atoms with Gasteiger partial charge in [0.2, 0.25) is 0 Å². The van der Waals surface area contributed by atoms with Crippen LogP contribution in [0, 0.1) is 0 Å². The second-order valence-corrected chi connectivity index (χ2v) is 4.17. The van der Waals surface area contributed by atoms with E-state index in [1.54, 1.807) is 6.92 Å². The van der Waals surface area contributed by atoms with Crippen LogP contribution in [0.5, 0.6) is 5.75 Å². The number of rotatable bonds is 5. The zero-order valence-electron chi connectivity index (χ0n) is 10.7. The highest BCUT2D eigenvalue weighted by Crippen LogP contribution is 2.37. The Bertz CT molecular complexity index is 545. The molecule has 0 spiro atoms. The predicted octanol–water partition coefficient (Wildman–Crippen LogP) is 3.76. The molecule has 0 saturated heterocycles. The number of carboxylic acids is 1. The second kappa shape index (κ2) is 6.27. The van der Waals surface area contributed by atoms with E-state index in [0.717, 1.165) is 24.3 Å². The summed E-state index contributed by atoms with van der Waals surface area (Å²) in [4.78, 5) is 10.4. The Hall–Kier alpha value is -2.24. The van der Waals surface area contributed by atoms with Gasteiger partial charge in [0.15, 0.2) is 0 Å². The number of aliphatic carboxylic acids is 1. The lowest BCUT2D eigenvalue weighted by molar-refractivity contribution is -0.139. The van der Waals surface area contributed by atoms with Gasteiger partial charge in [-0.1, -0.05) is 12.6 Å². The van der Waals surface area contributed by atoms with Crippen LogP contribution in [-0.4, -0.2) is 17.7 Å². The molecule has 1 rings (SSSR count). The number of carbonyl (C=O) groups is 1. The molecule has 0 aliphatic carbocycles. The fourth-order valence-electron chi connectivity index (χ4n) is 1.37. The summed E-state index contributed by atoms with van der Waals surface area (Å²) in [6.45, 7) is 5.16. The minimum absolute atomic E-state index is 0.0204. The third kappa shape index (κ3) is 4.79. The van der Waals surface area contributed by atoms with Gasteiger partial charge >= 0.3 is 12.1 Å². The fourth-order valence-corrected chi connectivity index (χ4v) is 1.37. The third-order valence-corrected chi connectivity index (χ3v) is 2.20. The third-order valence-electron chi connectivity index (χ3n) is 2.20. The van der Waals surface area contributed by atoms with Gasteiger partial charge in [0.05, 0.1) is 5.56 Å². The van der Waals surface area contributed by atoms with E-state index in [4.69, 9.17) is 9.84 Å². The van der Waals surface area contributed by atoms with E-state index < -0.39 is 17.7 Å². The molecule has 0 atom stereocenters. The monoisotopic (exact) mass is 286 g/mol. The van der Waals surface area contributed by atoms with Crippen molar-refractivity contribution in [1.29, 1.82) is 0 Å². The van der Waals surface area contributed by atoms with Crippen LogP contribution in [0.2, 0.25) is 0 Å². The van der Waals surface area contributed by atoms with Crippen LogP contribution in [-0.2, 0) is 11.0 Å². The fraction of sp³-hybridized carbons (Fsp3) is 0.214. The molecule has 0 aliphatic rings. The summed E-state index contributed by atoms with van der Waals surface area (Å²) in [6, 6.07) is 3.35. The van der Waals surface area contributed by atoms with Crippen LogP contribution < -0.4 is 4.74 Å². The number of hydrogen-bond donors (Lipinski definition) is 1. The maximum atomic E-state index is 12.9. The van der Waals surface area contributed by atoms with Gasteiger partial charge in [0.1, 0.15) is 12.4 Å². The zero-order chi connectivity index (χ0) is 15.3. The molecule has 20 heavy (non-hydrogen) atoms. The van der Waals surface area contributed by atoms with Crippen molar-refractivity contribution in [2.24, 2.45) is 0 Å². The van der Waals surface area contributed by atoms with E-state index >= 15 is 0 Å². The van der Waals surface area contributed by atoms with Crippen molar-refractivity contribution >= 4 is 12.0 Å². The van der Waals surface area contributed by atoms with Gasteiger partial charge < -0.3 is 9.84 Å². The standard InChI is InChI=1S/C14H13F3O3/c1-9(2)8-20-12-5-3-10(4-6-13(18)19)7-11(12)14(15,16)17/h3-7H,1,8H2,2H3,(H,18,19). The van der Waals surface area contributed by atoms with E-state index in [1.165, 1.54) is 6.07 Å². The first-order chi connectivity index (χ1) is 9.20. The van der Waals surface area contributed by atoms with Crippen LogP contribution in [0.15, 0.2) is 36.4 Å². The summed E-state index contributed by atoms with van der Waals surface area (Å²) < 4.78 is 43.8. The van der Waals surface area contributed by atoms with E-state index in [9.17, 15) is 18.0 Å². The smallest absolute Gasteiger partial charge is 0.419 e. The second-order valence-electron chi connectivity index (χ2n) is 4.17. The molecule has 0 saturated carbocycles. The molecule has 0 unspecified atom stereocenters. The van der Waals surface area contributed by atoms with Crippen molar-refractivity contribution in [3.63, 3.8) is 0 Å². The summed E-state index contributed by atoms with van der Waals surface area (Å²) in [5.41, 5.74) is -0.235. The van der Waals surface area contributed by atoms with E-state index in [-0.39, 0.29) is 17.9 Å². The van der Waals surface area contributed by atoms with Gasteiger partial charge in [0.25, 0.3) is 0 Å². The van der Waals surface area contributed by atoms with E-state index in [1.807, 2.05) is 0 Å². The maximum Gasteiger partial charge on any atom is 0.419 e. The molecular weight excluding hydrogens is 273 g/mol. The summed E-state index contributed by atoms with van der Waals surface area (Å²) >= 11 is 0. The predicted molar refractivity (Wildman–Crippen MR) is 68.4 cm³/mol. The number of carboxylic acid groups (broad SMARTS) is 1. The Morgan fingerprint density at radius 2 is 2.10 bits per heavy atom.